The average molecular weight is 550 g/mol. The monoisotopic (exact) mass is 549 g/mol. The van der Waals surface area contributed by atoms with E-state index < -0.39 is 7.82 Å². The minimum atomic E-state index is -4.61. The van der Waals surface area contributed by atoms with Gasteiger partial charge in [0.2, 0.25) is 5.91 Å². The summed E-state index contributed by atoms with van der Waals surface area (Å²) in [6.07, 6.45) is 11.3. The molecule has 0 heterocycles. The lowest BCUT2D eigenvalue weighted by Gasteiger charge is -2.23. The standard InChI is InChI=1S/C29H44NO7P/c1-2-3-4-5-6-7-8-9-22-36-28-12-10-11-26(24-28)15-18-29(32)30(21-23-37-38(33,34)35)20-19-25-13-16-27(31)17-14-25/h10-14,16-17,24,31H,2-9,15,18-23H2,1H3,(H2,33,34,35). The highest BCUT2D eigenvalue weighted by Crippen LogP contribution is 2.35. The molecule has 0 atom stereocenters. The third-order valence-electron chi connectivity index (χ3n) is 6.37. The molecule has 212 valence electrons. The number of aryl methyl sites for hydroxylation is 1. The van der Waals surface area contributed by atoms with Crippen molar-refractivity contribution in [2.75, 3.05) is 26.3 Å². The molecule has 3 N–H and O–H groups in total. The lowest BCUT2D eigenvalue weighted by molar-refractivity contribution is -0.131. The van der Waals surface area contributed by atoms with Gasteiger partial charge in [0.25, 0.3) is 0 Å². The van der Waals surface area contributed by atoms with Crippen molar-refractivity contribution in [2.24, 2.45) is 0 Å². The third kappa shape index (κ3) is 14.5. The normalized spacial score (nSPS) is 11.4. The van der Waals surface area contributed by atoms with Crippen molar-refractivity contribution in [3.8, 4) is 11.5 Å². The van der Waals surface area contributed by atoms with Gasteiger partial charge in [-0.2, -0.15) is 0 Å². The van der Waals surface area contributed by atoms with Gasteiger partial charge < -0.3 is 24.5 Å². The van der Waals surface area contributed by atoms with Crippen molar-refractivity contribution in [3.63, 3.8) is 0 Å². The maximum atomic E-state index is 13.0. The molecule has 0 aromatic heterocycles. The zero-order valence-corrected chi connectivity index (χ0v) is 23.5. The number of rotatable bonds is 20. The van der Waals surface area contributed by atoms with E-state index >= 15 is 0 Å². The highest BCUT2D eigenvalue weighted by molar-refractivity contribution is 7.46. The van der Waals surface area contributed by atoms with Gasteiger partial charge in [-0.15, -0.1) is 0 Å². The molecule has 0 aliphatic rings. The van der Waals surface area contributed by atoms with Crippen molar-refractivity contribution < 1.29 is 33.5 Å². The molecule has 9 heteroatoms. The van der Waals surface area contributed by atoms with E-state index in [0.717, 1.165) is 23.3 Å². The van der Waals surface area contributed by atoms with Crippen LogP contribution in [0.15, 0.2) is 48.5 Å². The first kappa shape index (κ1) is 31.8. The van der Waals surface area contributed by atoms with Gasteiger partial charge in [-0.3, -0.25) is 9.32 Å². The number of ether oxygens (including phenoxy) is 1. The van der Waals surface area contributed by atoms with Gasteiger partial charge >= 0.3 is 7.82 Å². The lowest BCUT2D eigenvalue weighted by Crippen LogP contribution is -2.35. The number of hydrogen-bond acceptors (Lipinski definition) is 5. The molecule has 2 aromatic carbocycles. The van der Waals surface area contributed by atoms with Crippen molar-refractivity contribution in [3.05, 3.63) is 59.7 Å². The van der Waals surface area contributed by atoms with Gasteiger partial charge in [0, 0.05) is 19.5 Å². The highest BCUT2D eigenvalue weighted by Gasteiger charge is 2.18. The second-order valence-corrected chi connectivity index (χ2v) is 10.8. The molecule has 8 nitrogen and oxygen atoms in total. The number of carbonyl (C=O) groups is 1. The minimum absolute atomic E-state index is 0.0732. The lowest BCUT2D eigenvalue weighted by atomic mass is 10.1. The Morgan fingerprint density at radius 3 is 2.21 bits per heavy atom. The summed E-state index contributed by atoms with van der Waals surface area (Å²) in [5, 5.41) is 9.46. The van der Waals surface area contributed by atoms with Gasteiger partial charge in [0.05, 0.1) is 13.2 Å². The molecule has 0 fully saturated rings. The summed E-state index contributed by atoms with van der Waals surface area (Å²) >= 11 is 0. The molecule has 2 aromatic rings. The maximum absolute atomic E-state index is 13.0. The number of phosphoric acid groups is 1. The van der Waals surface area contributed by atoms with Crippen LogP contribution in [0, 0.1) is 0 Å². The van der Waals surface area contributed by atoms with Crippen LogP contribution in [0.4, 0.5) is 0 Å². The summed E-state index contributed by atoms with van der Waals surface area (Å²) < 4.78 is 21.5. The minimum Gasteiger partial charge on any atom is -0.508 e. The van der Waals surface area contributed by atoms with Crippen LogP contribution in [0.25, 0.3) is 0 Å². The van der Waals surface area contributed by atoms with Gasteiger partial charge in [-0.1, -0.05) is 76.1 Å². The Labute approximate surface area is 227 Å². The number of carbonyl (C=O) groups excluding carboxylic acids is 1. The Hall–Kier alpha value is -2.38. The van der Waals surface area contributed by atoms with Crippen molar-refractivity contribution in [2.45, 2.75) is 77.6 Å². The first-order valence-electron chi connectivity index (χ1n) is 13.7. The van der Waals surface area contributed by atoms with Gasteiger partial charge in [0.1, 0.15) is 11.5 Å². The Bertz CT molecular complexity index is 977. The van der Waals surface area contributed by atoms with Crippen molar-refractivity contribution in [1.82, 2.24) is 4.90 Å². The topological polar surface area (TPSA) is 117 Å². The first-order chi connectivity index (χ1) is 18.3. The van der Waals surface area contributed by atoms with Crippen LogP contribution < -0.4 is 4.74 Å². The Morgan fingerprint density at radius 2 is 1.53 bits per heavy atom. The molecule has 1 amide bonds. The van der Waals surface area contributed by atoms with Crippen LogP contribution in [0.3, 0.4) is 0 Å². The van der Waals surface area contributed by atoms with E-state index in [4.69, 9.17) is 14.5 Å². The molecule has 0 bridgehead atoms. The third-order valence-corrected chi connectivity index (χ3v) is 6.89. The van der Waals surface area contributed by atoms with Gasteiger partial charge in [-0.25, -0.2) is 4.57 Å². The number of amides is 1. The fraction of sp³-hybridized carbons (Fsp3) is 0.552. The van der Waals surface area contributed by atoms with Gasteiger partial charge in [-0.05, 0) is 54.7 Å². The average Bonchev–Trinajstić information content (AvgIpc) is 2.89. The SMILES string of the molecule is CCCCCCCCCCOc1cccc(CCC(=O)N(CCOP(=O)(O)O)CCc2ccc(O)cc2)c1. The molecule has 38 heavy (non-hydrogen) atoms. The van der Waals surface area contributed by atoms with Crippen molar-refractivity contribution >= 4 is 13.7 Å². The second-order valence-electron chi connectivity index (χ2n) is 9.59. The zero-order chi connectivity index (χ0) is 27.6. The van der Waals surface area contributed by atoms with E-state index in [9.17, 15) is 14.5 Å². The molecule has 0 saturated carbocycles. The number of phenolic OH excluding ortho intramolecular Hbond substituents is 1. The van der Waals surface area contributed by atoms with E-state index in [2.05, 4.69) is 11.4 Å². The quantitative estimate of drug-likeness (QED) is 0.136. The number of benzene rings is 2. The van der Waals surface area contributed by atoms with Crippen LogP contribution in [-0.4, -0.2) is 52.0 Å². The Morgan fingerprint density at radius 1 is 0.842 bits per heavy atom. The van der Waals surface area contributed by atoms with Crippen LogP contribution in [-0.2, 0) is 26.7 Å². The maximum Gasteiger partial charge on any atom is 0.469 e. The second kappa shape index (κ2) is 18.0. The fourth-order valence-electron chi connectivity index (χ4n) is 4.18. The van der Waals surface area contributed by atoms with E-state index in [0.29, 0.717) is 26.0 Å². The van der Waals surface area contributed by atoms with Crippen molar-refractivity contribution in [1.29, 1.82) is 0 Å². The zero-order valence-electron chi connectivity index (χ0n) is 22.6. The van der Waals surface area contributed by atoms with Gasteiger partial charge in [0.15, 0.2) is 0 Å². The van der Waals surface area contributed by atoms with E-state index in [1.807, 2.05) is 24.3 Å². The molecule has 0 unspecified atom stereocenters. The Balaban J connectivity index is 1.79. The van der Waals surface area contributed by atoms with E-state index in [-0.39, 0.29) is 31.2 Å². The predicted molar refractivity (Wildman–Crippen MR) is 149 cm³/mol. The summed E-state index contributed by atoms with van der Waals surface area (Å²) in [5.74, 6) is 0.848. The highest BCUT2D eigenvalue weighted by atomic mass is 31.2. The molecule has 0 aliphatic carbocycles. The molecule has 0 radical (unpaired) electrons. The smallest absolute Gasteiger partial charge is 0.469 e. The summed E-state index contributed by atoms with van der Waals surface area (Å²) in [6, 6.07) is 14.5. The number of aromatic hydroxyl groups is 1. The van der Waals surface area contributed by atoms with Crippen LogP contribution in [0.2, 0.25) is 0 Å². The molecule has 0 saturated heterocycles. The molecule has 2 rings (SSSR count). The largest absolute Gasteiger partial charge is 0.508 e. The van der Waals surface area contributed by atoms with Crippen LogP contribution in [0.5, 0.6) is 11.5 Å². The number of unbranched alkanes of at least 4 members (excludes halogenated alkanes) is 7. The first-order valence-corrected chi connectivity index (χ1v) is 15.3. The number of nitrogens with zero attached hydrogens (tertiary/aromatic N) is 1. The number of phenols is 1. The molecular weight excluding hydrogens is 505 g/mol. The van der Waals surface area contributed by atoms with E-state index in [1.54, 1.807) is 29.2 Å². The summed E-state index contributed by atoms with van der Waals surface area (Å²) in [5.41, 5.74) is 1.94. The Kier molecular flexibility index (Phi) is 15.1. The molecule has 0 aliphatic heterocycles. The number of hydrogen-bond donors (Lipinski definition) is 3. The number of phosphoric ester groups is 1. The summed E-state index contributed by atoms with van der Waals surface area (Å²) in [6.45, 7) is 3.10. The van der Waals surface area contributed by atoms with Crippen LogP contribution in [0.1, 0.15) is 75.8 Å². The van der Waals surface area contributed by atoms with Crippen LogP contribution >= 0.6 is 7.82 Å². The summed E-state index contributed by atoms with van der Waals surface area (Å²) in [7, 11) is -4.61. The molecule has 0 spiro atoms. The summed E-state index contributed by atoms with van der Waals surface area (Å²) in [4.78, 5) is 32.5. The predicted octanol–water partition coefficient (Wildman–Crippen LogP) is 6.02. The fourth-order valence-corrected chi connectivity index (χ4v) is 4.50. The van der Waals surface area contributed by atoms with E-state index in [1.165, 1.54) is 44.9 Å². The molecular formula is C29H44NO7P.